The predicted molar refractivity (Wildman–Crippen MR) is 58.7 cm³/mol. The number of benzene rings is 1. The summed E-state index contributed by atoms with van der Waals surface area (Å²) in [6.07, 6.45) is 3.71. The van der Waals surface area contributed by atoms with Gasteiger partial charge in [0.2, 0.25) is 6.33 Å². The molecule has 8 heteroatoms. The van der Waals surface area contributed by atoms with E-state index in [0.717, 1.165) is 11.6 Å². The Bertz CT molecular complexity index is 466. The van der Waals surface area contributed by atoms with E-state index >= 15 is 0 Å². The molecule has 0 spiro atoms. The number of aromatic amines is 1. The number of nitrogens with zero attached hydrogens (tertiary/aromatic N) is 1. The van der Waals surface area contributed by atoms with Crippen molar-refractivity contribution in [1.82, 2.24) is 4.98 Å². The van der Waals surface area contributed by atoms with Crippen LogP contribution in [0.25, 0.3) is 0 Å². The van der Waals surface area contributed by atoms with Crippen LogP contribution in [0, 0.1) is 0 Å². The first-order valence-electron chi connectivity index (χ1n) is 4.98. The van der Waals surface area contributed by atoms with Crippen molar-refractivity contribution in [2.75, 3.05) is 0 Å². The highest BCUT2D eigenvalue weighted by Crippen LogP contribution is 2.16. The monoisotopic (exact) mass is 262 g/mol. The number of hydrogen-bond acceptors (Lipinski definition) is 1. The molecule has 1 N–H and O–H groups in total. The quantitative estimate of drug-likeness (QED) is 0.503. The number of aromatic nitrogens is 2. The maximum atomic E-state index is 9.75. The molecule has 18 heavy (non-hydrogen) atoms. The summed E-state index contributed by atoms with van der Waals surface area (Å²) in [7, 11) is -4.06. The number of ether oxygens (including phenoxy) is 1. The van der Waals surface area contributed by atoms with Gasteiger partial charge in [-0.3, -0.25) is 0 Å². The van der Waals surface area contributed by atoms with Gasteiger partial charge in [0.15, 0.2) is 6.20 Å². The number of nitrogens with one attached hydrogen (secondary N) is 1. The molecule has 1 aromatic carbocycles. The number of para-hydroxylation sites is 1. The molecule has 0 bridgehead atoms. The summed E-state index contributed by atoms with van der Waals surface area (Å²) >= 11 is 0. The Balaban J connectivity index is 0.000000280. The number of H-pyrrole nitrogens is 1. The first-order chi connectivity index (χ1) is 8.34. The highest BCUT2D eigenvalue weighted by Gasteiger charge is 2.20. The molecule has 0 amide bonds. The zero-order valence-electron chi connectivity index (χ0n) is 9.49. The third-order valence-corrected chi connectivity index (χ3v) is 1.70. The molecule has 2 rings (SSSR count). The Morgan fingerprint density at radius 2 is 1.67 bits per heavy atom. The average Bonchev–Trinajstić information content (AvgIpc) is 2.63. The summed E-state index contributed by atoms with van der Waals surface area (Å²) in [5.74, 6) is 1.58. The molecule has 1 aromatic heterocycles. The zero-order chi connectivity index (χ0) is 13.6. The Kier molecular flexibility index (Phi) is 4.76. The van der Waals surface area contributed by atoms with Crippen LogP contribution < -0.4 is 9.30 Å². The fourth-order valence-corrected chi connectivity index (χ4v) is 1.10. The number of imidazole rings is 1. The second-order valence-electron chi connectivity index (χ2n) is 3.34. The third kappa shape index (κ3) is 6.57. The van der Waals surface area contributed by atoms with Gasteiger partial charge < -0.3 is 22.0 Å². The van der Waals surface area contributed by atoms with Crippen molar-refractivity contribution < 1.29 is 26.6 Å². The smallest absolute Gasteiger partial charge is 0.421 e. The summed E-state index contributed by atoms with van der Waals surface area (Å²) < 4.78 is 46.4. The van der Waals surface area contributed by atoms with E-state index in [1.165, 1.54) is 0 Å². The molecule has 0 radical (unpaired) electrons. The average molecular weight is 262 g/mol. The van der Waals surface area contributed by atoms with Crippen molar-refractivity contribution in [3.8, 4) is 11.6 Å². The summed E-state index contributed by atoms with van der Waals surface area (Å²) in [4.78, 5) is 2.99. The van der Waals surface area contributed by atoms with Gasteiger partial charge in [-0.1, -0.05) is 18.2 Å². The van der Waals surface area contributed by atoms with Crippen LogP contribution in [0.3, 0.4) is 0 Å². The van der Waals surface area contributed by atoms with Gasteiger partial charge in [-0.15, -0.1) is 0 Å². The van der Waals surface area contributed by atoms with Crippen molar-refractivity contribution in [1.29, 1.82) is 0 Å². The van der Waals surface area contributed by atoms with Gasteiger partial charge in [-0.05, 0) is 12.1 Å². The minimum Gasteiger partial charge on any atom is -0.421 e. The normalized spacial score (nSPS) is 10.5. The zero-order valence-corrected chi connectivity index (χ0v) is 9.49. The van der Waals surface area contributed by atoms with E-state index in [1.807, 2.05) is 54.5 Å². The summed E-state index contributed by atoms with van der Waals surface area (Å²) in [6.45, 7) is 0. The van der Waals surface area contributed by atoms with Crippen molar-refractivity contribution >= 4 is 7.25 Å². The molecule has 0 aliphatic heterocycles. The lowest BCUT2D eigenvalue weighted by atomic mass is 10.3. The van der Waals surface area contributed by atoms with Crippen LogP contribution in [0.1, 0.15) is 0 Å². The first kappa shape index (κ1) is 14.1. The van der Waals surface area contributed by atoms with Crippen LogP contribution in [0.5, 0.6) is 11.6 Å². The fraction of sp³-hybridized carbons (Fsp3) is 0.100. The minimum absolute atomic E-state index is 0.744. The maximum Gasteiger partial charge on any atom is 0.673 e. The lowest BCUT2D eigenvalue weighted by Gasteiger charge is -1.97. The summed E-state index contributed by atoms with van der Waals surface area (Å²) in [6, 6.07) is 9.68. The van der Waals surface area contributed by atoms with Crippen LogP contribution in [0.4, 0.5) is 17.3 Å². The molecule has 3 nitrogen and oxygen atoms in total. The van der Waals surface area contributed by atoms with Crippen LogP contribution >= 0.6 is 0 Å². The van der Waals surface area contributed by atoms with Gasteiger partial charge in [0.1, 0.15) is 5.75 Å². The van der Waals surface area contributed by atoms with Crippen LogP contribution in [0.2, 0.25) is 0 Å². The fourth-order valence-electron chi connectivity index (χ4n) is 1.10. The molecule has 0 saturated heterocycles. The van der Waals surface area contributed by atoms with Gasteiger partial charge in [0.05, 0.1) is 7.05 Å². The highest BCUT2D eigenvalue weighted by molar-refractivity contribution is 6.50. The van der Waals surface area contributed by atoms with E-state index < -0.39 is 7.25 Å². The molecule has 0 unspecified atom stereocenters. The molecule has 98 valence electrons. The van der Waals surface area contributed by atoms with Crippen LogP contribution in [-0.4, -0.2) is 12.2 Å². The van der Waals surface area contributed by atoms with Crippen LogP contribution in [-0.2, 0) is 7.05 Å². The van der Waals surface area contributed by atoms with Gasteiger partial charge in [0, 0.05) is 0 Å². The van der Waals surface area contributed by atoms with Gasteiger partial charge in [0.25, 0.3) is 0 Å². The summed E-state index contributed by atoms with van der Waals surface area (Å²) in [5.41, 5.74) is 0. The first-order valence-corrected chi connectivity index (χ1v) is 4.98. The highest BCUT2D eigenvalue weighted by atomic mass is 19.5. The van der Waals surface area contributed by atoms with E-state index in [1.54, 1.807) is 0 Å². The lowest BCUT2D eigenvalue weighted by molar-refractivity contribution is -0.670. The van der Waals surface area contributed by atoms with E-state index in [9.17, 15) is 17.3 Å². The molecule has 1 heterocycles. The molecule has 0 saturated carbocycles. The van der Waals surface area contributed by atoms with E-state index in [2.05, 4.69) is 4.98 Å². The lowest BCUT2D eigenvalue weighted by Crippen LogP contribution is -2.22. The Labute approximate surface area is 101 Å². The number of aryl methyl sites for hydroxylation is 1. The van der Waals surface area contributed by atoms with Crippen molar-refractivity contribution in [3.05, 3.63) is 42.9 Å². The molecular formula is C10H11BF4N2O. The van der Waals surface area contributed by atoms with Gasteiger partial charge >= 0.3 is 13.1 Å². The SMILES string of the molecule is C[n+]1c[nH]c(Oc2ccccc2)c1.F[B-](F)(F)F. The molecule has 0 aliphatic carbocycles. The molecule has 0 atom stereocenters. The van der Waals surface area contributed by atoms with E-state index in [0.29, 0.717) is 0 Å². The predicted octanol–water partition coefficient (Wildman–Crippen LogP) is 2.93. The Morgan fingerprint density at radius 1 is 1.11 bits per heavy atom. The minimum atomic E-state index is -6.00. The van der Waals surface area contributed by atoms with Crippen LogP contribution in [0.15, 0.2) is 42.9 Å². The van der Waals surface area contributed by atoms with Gasteiger partial charge in [-0.2, -0.15) is 0 Å². The molecule has 2 aromatic rings. The second kappa shape index (κ2) is 6.09. The van der Waals surface area contributed by atoms with Crippen molar-refractivity contribution in [2.45, 2.75) is 0 Å². The van der Waals surface area contributed by atoms with Crippen molar-refractivity contribution in [2.24, 2.45) is 7.05 Å². The van der Waals surface area contributed by atoms with E-state index in [4.69, 9.17) is 4.74 Å². The second-order valence-corrected chi connectivity index (χ2v) is 3.34. The Hall–Kier alpha value is -1.99. The largest absolute Gasteiger partial charge is 0.673 e. The van der Waals surface area contributed by atoms with Crippen molar-refractivity contribution in [3.63, 3.8) is 0 Å². The standard InChI is InChI=1S/C10H10N2O.BF4/c1-12-7-10(11-8-12)13-9-5-3-2-4-6-9;2-1(3,4)5/h2-8H,1H3;/q;-1/p+1. The third-order valence-electron chi connectivity index (χ3n) is 1.70. The molecular weight excluding hydrogens is 251 g/mol. The molecule has 0 fully saturated rings. The summed E-state index contributed by atoms with van der Waals surface area (Å²) in [5, 5.41) is 0. The van der Waals surface area contributed by atoms with E-state index in [-0.39, 0.29) is 0 Å². The molecule has 0 aliphatic rings. The Morgan fingerprint density at radius 3 is 2.11 bits per heavy atom. The topological polar surface area (TPSA) is 28.9 Å². The number of hydrogen-bond donors (Lipinski definition) is 1. The maximum absolute atomic E-state index is 9.75. The number of halogens is 4. The van der Waals surface area contributed by atoms with Gasteiger partial charge in [-0.25, -0.2) is 9.55 Å². The number of rotatable bonds is 2.